The number of nitrogens with one attached hydrogen (secondary N) is 1. The molecule has 0 aliphatic carbocycles. The Bertz CT molecular complexity index is 904. The summed E-state index contributed by atoms with van der Waals surface area (Å²) in [7, 11) is 0. The zero-order valence-corrected chi connectivity index (χ0v) is 13.8. The van der Waals surface area contributed by atoms with Gasteiger partial charge in [-0.05, 0) is 25.1 Å². The molecular weight excluding hydrogens is 326 g/mol. The summed E-state index contributed by atoms with van der Waals surface area (Å²) in [6.45, 7) is 2.16. The fourth-order valence-electron chi connectivity index (χ4n) is 2.08. The van der Waals surface area contributed by atoms with Gasteiger partial charge >= 0.3 is 0 Å². The van der Waals surface area contributed by atoms with Crippen LogP contribution in [0.1, 0.15) is 10.6 Å². The molecule has 8 heteroatoms. The lowest BCUT2D eigenvalue weighted by Crippen LogP contribution is -2.32. The molecule has 24 heavy (non-hydrogen) atoms. The average molecular weight is 341 g/mol. The summed E-state index contributed by atoms with van der Waals surface area (Å²) in [6, 6.07) is 6.71. The van der Waals surface area contributed by atoms with E-state index in [1.54, 1.807) is 12.4 Å². The van der Waals surface area contributed by atoms with E-state index < -0.39 is 0 Å². The van der Waals surface area contributed by atoms with Gasteiger partial charge in [0.2, 0.25) is 5.91 Å². The molecule has 0 saturated heterocycles. The van der Waals surface area contributed by atoms with E-state index in [1.165, 1.54) is 29.7 Å². The Morgan fingerprint density at radius 3 is 2.88 bits per heavy atom. The van der Waals surface area contributed by atoms with E-state index >= 15 is 0 Å². The number of aromatic nitrogens is 4. The molecule has 0 bridgehead atoms. The molecule has 7 nitrogen and oxygen atoms in total. The first-order chi connectivity index (χ1) is 11.6. The third kappa shape index (κ3) is 3.72. The molecule has 3 rings (SSSR count). The number of carbonyl (C=O) groups excluding carboxylic acids is 1. The van der Waals surface area contributed by atoms with Crippen molar-refractivity contribution in [1.29, 1.82) is 0 Å². The van der Waals surface area contributed by atoms with Crippen LogP contribution < -0.4 is 10.9 Å². The largest absolute Gasteiger partial charge is 0.350 e. The minimum absolute atomic E-state index is 0.104. The summed E-state index contributed by atoms with van der Waals surface area (Å²) in [5.74, 6) is -0.272. The molecule has 0 aliphatic rings. The predicted octanol–water partition coefficient (Wildman–Crippen LogP) is 1.39. The standard InChI is InChI=1S/C16H15N5O2S/c1-11-13(24-16(20-11)12-4-2-6-17-8-12)9-18-14(22)10-21-15(23)5-3-7-19-21/h2-8H,9-10H2,1H3,(H,18,22). The van der Waals surface area contributed by atoms with Crippen molar-refractivity contribution in [2.75, 3.05) is 0 Å². The minimum atomic E-state index is -0.305. The monoisotopic (exact) mass is 341 g/mol. The molecule has 0 saturated carbocycles. The van der Waals surface area contributed by atoms with E-state index in [4.69, 9.17) is 0 Å². The summed E-state index contributed by atoms with van der Waals surface area (Å²) < 4.78 is 1.12. The first kappa shape index (κ1) is 16.0. The second-order valence-corrected chi connectivity index (χ2v) is 6.15. The number of rotatable bonds is 5. The van der Waals surface area contributed by atoms with Crippen LogP contribution in [0.15, 0.2) is 47.7 Å². The van der Waals surface area contributed by atoms with Crippen molar-refractivity contribution in [2.45, 2.75) is 20.0 Å². The average Bonchev–Trinajstić information content (AvgIpc) is 2.97. The van der Waals surface area contributed by atoms with Crippen LogP contribution in [0.25, 0.3) is 10.6 Å². The second kappa shape index (κ2) is 7.14. The van der Waals surface area contributed by atoms with Crippen LogP contribution in [0.3, 0.4) is 0 Å². The van der Waals surface area contributed by atoms with Gasteiger partial charge in [0.15, 0.2) is 0 Å². The topological polar surface area (TPSA) is 89.8 Å². The van der Waals surface area contributed by atoms with Gasteiger partial charge in [-0.15, -0.1) is 11.3 Å². The van der Waals surface area contributed by atoms with Gasteiger partial charge in [0.25, 0.3) is 5.56 Å². The van der Waals surface area contributed by atoms with Crippen molar-refractivity contribution in [3.05, 3.63) is 63.8 Å². The lowest BCUT2D eigenvalue weighted by atomic mass is 10.3. The molecule has 0 spiro atoms. The van der Waals surface area contributed by atoms with Gasteiger partial charge in [-0.25, -0.2) is 9.67 Å². The third-order valence-corrected chi connectivity index (χ3v) is 4.53. The van der Waals surface area contributed by atoms with Crippen LogP contribution in [-0.4, -0.2) is 25.7 Å². The Labute approximate surface area is 142 Å². The number of carbonyl (C=O) groups is 1. The Morgan fingerprint density at radius 1 is 1.29 bits per heavy atom. The molecular formula is C16H15N5O2S. The van der Waals surface area contributed by atoms with E-state index in [1.807, 2.05) is 19.1 Å². The fourth-order valence-corrected chi connectivity index (χ4v) is 3.07. The highest BCUT2D eigenvalue weighted by Gasteiger charge is 2.11. The Hall–Kier alpha value is -2.87. The van der Waals surface area contributed by atoms with Crippen LogP contribution in [-0.2, 0) is 17.9 Å². The van der Waals surface area contributed by atoms with Gasteiger partial charge in [0.05, 0.1) is 12.2 Å². The van der Waals surface area contributed by atoms with Gasteiger partial charge in [-0.2, -0.15) is 5.10 Å². The SMILES string of the molecule is Cc1nc(-c2cccnc2)sc1CNC(=O)Cn1ncccc1=O. The molecule has 3 aromatic heterocycles. The normalized spacial score (nSPS) is 10.5. The van der Waals surface area contributed by atoms with E-state index in [-0.39, 0.29) is 18.0 Å². The highest BCUT2D eigenvalue weighted by molar-refractivity contribution is 7.15. The van der Waals surface area contributed by atoms with Crippen molar-refractivity contribution in [3.8, 4) is 10.6 Å². The van der Waals surface area contributed by atoms with Crippen molar-refractivity contribution in [2.24, 2.45) is 0 Å². The lowest BCUT2D eigenvalue weighted by molar-refractivity contribution is -0.122. The summed E-state index contributed by atoms with van der Waals surface area (Å²) >= 11 is 1.51. The van der Waals surface area contributed by atoms with Crippen LogP contribution >= 0.6 is 11.3 Å². The van der Waals surface area contributed by atoms with Crippen LogP contribution in [0.5, 0.6) is 0 Å². The first-order valence-electron chi connectivity index (χ1n) is 7.29. The van der Waals surface area contributed by atoms with Gasteiger partial charge in [-0.3, -0.25) is 14.6 Å². The van der Waals surface area contributed by atoms with Crippen molar-refractivity contribution in [3.63, 3.8) is 0 Å². The van der Waals surface area contributed by atoms with E-state index in [9.17, 15) is 9.59 Å². The zero-order chi connectivity index (χ0) is 16.9. The van der Waals surface area contributed by atoms with Gasteiger partial charge < -0.3 is 5.32 Å². The number of aryl methyl sites for hydroxylation is 1. The van der Waals surface area contributed by atoms with Gasteiger partial charge in [0.1, 0.15) is 11.6 Å². The molecule has 0 aromatic carbocycles. The Morgan fingerprint density at radius 2 is 2.12 bits per heavy atom. The smallest absolute Gasteiger partial charge is 0.267 e. The number of thiazole rings is 1. The Kier molecular flexibility index (Phi) is 4.76. The molecule has 0 unspecified atom stereocenters. The summed E-state index contributed by atoms with van der Waals surface area (Å²) in [4.78, 5) is 33.1. The summed E-state index contributed by atoms with van der Waals surface area (Å²) in [6.07, 6.45) is 4.95. The maximum atomic E-state index is 12.0. The van der Waals surface area contributed by atoms with Gasteiger partial charge in [0, 0.05) is 35.1 Å². The minimum Gasteiger partial charge on any atom is -0.350 e. The number of nitrogens with zero attached hydrogens (tertiary/aromatic N) is 4. The van der Waals surface area contributed by atoms with Crippen molar-refractivity contribution >= 4 is 17.2 Å². The first-order valence-corrected chi connectivity index (χ1v) is 8.10. The zero-order valence-electron chi connectivity index (χ0n) is 13.0. The summed E-state index contributed by atoms with van der Waals surface area (Å²) in [5.41, 5.74) is 1.51. The van der Waals surface area contributed by atoms with E-state index in [2.05, 4.69) is 20.4 Å². The van der Waals surface area contributed by atoms with Gasteiger partial charge in [-0.1, -0.05) is 0 Å². The number of hydrogen-bond donors (Lipinski definition) is 1. The second-order valence-electron chi connectivity index (χ2n) is 5.07. The molecule has 3 heterocycles. The number of amides is 1. The number of pyridine rings is 1. The van der Waals surface area contributed by atoms with Crippen molar-refractivity contribution in [1.82, 2.24) is 25.1 Å². The quantitative estimate of drug-likeness (QED) is 0.757. The number of hydrogen-bond acceptors (Lipinski definition) is 6. The highest BCUT2D eigenvalue weighted by Crippen LogP contribution is 2.27. The lowest BCUT2D eigenvalue weighted by Gasteiger charge is -2.05. The highest BCUT2D eigenvalue weighted by atomic mass is 32.1. The molecule has 0 fully saturated rings. The van der Waals surface area contributed by atoms with E-state index in [0.717, 1.165) is 25.8 Å². The molecule has 1 N–H and O–H groups in total. The molecule has 0 atom stereocenters. The maximum absolute atomic E-state index is 12.0. The van der Waals surface area contributed by atoms with Crippen LogP contribution in [0, 0.1) is 6.92 Å². The molecule has 0 radical (unpaired) electrons. The fraction of sp³-hybridized carbons (Fsp3) is 0.188. The van der Waals surface area contributed by atoms with Crippen LogP contribution in [0.4, 0.5) is 0 Å². The summed E-state index contributed by atoms with van der Waals surface area (Å²) in [5, 5.41) is 7.52. The molecule has 1 amide bonds. The van der Waals surface area contributed by atoms with Crippen molar-refractivity contribution < 1.29 is 4.79 Å². The van der Waals surface area contributed by atoms with E-state index in [0.29, 0.717) is 6.54 Å². The molecule has 0 aliphatic heterocycles. The predicted molar refractivity (Wildman–Crippen MR) is 90.4 cm³/mol. The third-order valence-electron chi connectivity index (χ3n) is 3.33. The molecule has 3 aromatic rings. The van der Waals surface area contributed by atoms with Crippen LogP contribution in [0.2, 0.25) is 0 Å². The molecule has 122 valence electrons. The Balaban J connectivity index is 1.65. The maximum Gasteiger partial charge on any atom is 0.267 e.